The van der Waals surface area contributed by atoms with Gasteiger partial charge in [-0.25, -0.2) is 0 Å². The fourth-order valence-corrected chi connectivity index (χ4v) is 2.01. The van der Waals surface area contributed by atoms with Gasteiger partial charge in [0.1, 0.15) is 5.76 Å². The Morgan fingerprint density at radius 2 is 2.33 bits per heavy atom. The zero-order valence-corrected chi connectivity index (χ0v) is 9.42. The van der Waals surface area contributed by atoms with E-state index in [2.05, 4.69) is 0 Å². The third kappa shape index (κ3) is 5.11. The second-order valence-corrected chi connectivity index (χ2v) is 4.38. The van der Waals surface area contributed by atoms with Crippen LogP contribution in [0, 0.1) is 0 Å². The number of rotatable bonds is 6. The number of hydrogen-bond acceptors (Lipinski definition) is 4. The highest BCUT2D eigenvalue weighted by atomic mass is 35.5. The van der Waals surface area contributed by atoms with Crippen molar-refractivity contribution in [3.05, 3.63) is 23.1 Å². The summed E-state index contributed by atoms with van der Waals surface area (Å²) in [5.74, 6) is 0.658. The first kappa shape index (κ1) is 12.4. The molecule has 1 atom stereocenters. The summed E-state index contributed by atoms with van der Waals surface area (Å²) in [7, 11) is 0. The molecule has 1 aromatic rings. The molecule has 4 nitrogen and oxygen atoms in total. The molecule has 0 spiro atoms. The van der Waals surface area contributed by atoms with Crippen LogP contribution in [0.4, 0.5) is 0 Å². The summed E-state index contributed by atoms with van der Waals surface area (Å²) in [6.45, 7) is 0. The summed E-state index contributed by atoms with van der Waals surface area (Å²) >= 11 is 6.97. The van der Waals surface area contributed by atoms with Gasteiger partial charge in [0, 0.05) is 5.75 Å². The monoisotopic (exact) mass is 250 g/mol. The van der Waals surface area contributed by atoms with E-state index in [0.717, 1.165) is 0 Å². The second kappa shape index (κ2) is 6.05. The lowest BCUT2D eigenvalue weighted by Gasteiger charge is -2.05. The van der Waals surface area contributed by atoms with Crippen LogP contribution in [-0.2, 0) is 10.5 Å². The van der Waals surface area contributed by atoms with Crippen molar-refractivity contribution in [1.29, 1.82) is 0 Å². The van der Waals surface area contributed by atoms with Gasteiger partial charge in [0.2, 0.25) is 0 Å². The molecular formula is C9H11ClO4S. The molecule has 0 aliphatic heterocycles. The average molecular weight is 251 g/mol. The van der Waals surface area contributed by atoms with E-state index in [1.165, 1.54) is 11.8 Å². The van der Waals surface area contributed by atoms with E-state index in [9.17, 15) is 9.90 Å². The molecule has 1 unspecified atom stereocenters. The molecule has 0 saturated heterocycles. The minimum atomic E-state index is -0.996. The number of carboxylic acids is 1. The van der Waals surface area contributed by atoms with Gasteiger partial charge in [0.25, 0.3) is 0 Å². The number of halogens is 1. The maximum absolute atomic E-state index is 10.2. The smallest absolute Gasteiger partial charge is 0.306 e. The first-order valence-corrected chi connectivity index (χ1v) is 5.83. The first-order valence-electron chi connectivity index (χ1n) is 4.29. The Morgan fingerprint density at radius 1 is 1.60 bits per heavy atom. The van der Waals surface area contributed by atoms with Crippen molar-refractivity contribution in [3.8, 4) is 0 Å². The van der Waals surface area contributed by atoms with Gasteiger partial charge < -0.3 is 14.6 Å². The van der Waals surface area contributed by atoms with Crippen molar-refractivity contribution < 1.29 is 19.4 Å². The van der Waals surface area contributed by atoms with Gasteiger partial charge in [-0.15, -0.1) is 0 Å². The molecule has 0 aliphatic rings. The van der Waals surface area contributed by atoms with Gasteiger partial charge in [-0.05, 0) is 23.7 Å². The number of carboxylic acid groups (broad SMARTS) is 1. The van der Waals surface area contributed by atoms with Crippen LogP contribution in [0.2, 0.25) is 5.22 Å². The molecule has 0 bridgehead atoms. The van der Waals surface area contributed by atoms with Gasteiger partial charge >= 0.3 is 5.97 Å². The SMILES string of the molecule is O=C(O)CC(O)CSCc1ccc(Cl)o1. The van der Waals surface area contributed by atoms with Crippen molar-refractivity contribution in [3.63, 3.8) is 0 Å². The number of carbonyl (C=O) groups is 1. The summed E-state index contributed by atoms with van der Waals surface area (Å²) in [5.41, 5.74) is 0. The topological polar surface area (TPSA) is 70.7 Å². The van der Waals surface area contributed by atoms with Crippen molar-refractivity contribution in [2.24, 2.45) is 0 Å². The van der Waals surface area contributed by atoms with Crippen LogP contribution >= 0.6 is 23.4 Å². The van der Waals surface area contributed by atoms with E-state index < -0.39 is 12.1 Å². The summed E-state index contributed by atoms with van der Waals surface area (Å²) in [4.78, 5) is 10.2. The van der Waals surface area contributed by atoms with E-state index in [-0.39, 0.29) is 6.42 Å². The van der Waals surface area contributed by atoms with Crippen LogP contribution in [0.3, 0.4) is 0 Å². The number of furan rings is 1. The standard InChI is InChI=1S/C9H11ClO4S/c10-8-2-1-7(14-8)5-15-4-6(11)3-9(12)13/h1-2,6,11H,3-5H2,(H,12,13). The number of aliphatic carboxylic acids is 1. The van der Waals surface area contributed by atoms with Crippen LogP contribution in [0.5, 0.6) is 0 Å². The number of aliphatic hydroxyl groups excluding tert-OH is 1. The molecular weight excluding hydrogens is 240 g/mol. The average Bonchev–Trinajstić information content (AvgIpc) is 2.50. The Kier molecular flexibility index (Phi) is 5.01. The summed E-state index contributed by atoms with van der Waals surface area (Å²) in [5, 5.41) is 18.0. The molecule has 6 heteroatoms. The fraction of sp³-hybridized carbons (Fsp3) is 0.444. The van der Waals surface area contributed by atoms with Crippen molar-refractivity contribution >= 4 is 29.3 Å². The van der Waals surface area contributed by atoms with Gasteiger partial charge in [-0.1, -0.05) is 0 Å². The van der Waals surface area contributed by atoms with E-state index in [0.29, 0.717) is 22.5 Å². The maximum Gasteiger partial charge on any atom is 0.306 e. The zero-order valence-electron chi connectivity index (χ0n) is 7.85. The molecule has 0 aromatic carbocycles. The van der Waals surface area contributed by atoms with Crippen LogP contribution in [0.25, 0.3) is 0 Å². The van der Waals surface area contributed by atoms with E-state index in [1.807, 2.05) is 0 Å². The lowest BCUT2D eigenvalue weighted by atomic mass is 10.3. The van der Waals surface area contributed by atoms with Gasteiger partial charge in [0.15, 0.2) is 5.22 Å². The highest BCUT2D eigenvalue weighted by molar-refractivity contribution is 7.98. The zero-order chi connectivity index (χ0) is 11.3. The molecule has 2 N–H and O–H groups in total. The molecule has 1 heterocycles. The molecule has 84 valence electrons. The number of aliphatic hydroxyl groups is 1. The Balaban J connectivity index is 2.18. The molecule has 15 heavy (non-hydrogen) atoms. The van der Waals surface area contributed by atoms with Crippen LogP contribution in [0.15, 0.2) is 16.5 Å². The van der Waals surface area contributed by atoms with Crippen LogP contribution in [0.1, 0.15) is 12.2 Å². The van der Waals surface area contributed by atoms with Gasteiger partial charge in [-0.2, -0.15) is 11.8 Å². The minimum absolute atomic E-state index is 0.230. The van der Waals surface area contributed by atoms with Gasteiger partial charge in [0.05, 0.1) is 18.3 Å². The number of hydrogen-bond donors (Lipinski definition) is 2. The Morgan fingerprint density at radius 3 is 2.87 bits per heavy atom. The number of thioether (sulfide) groups is 1. The van der Waals surface area contributed by atoms with Crippen molar-refractivity contribution in [1.82, 2.24) is 0 Å². The van der Waals surface area contributed by atoms with E-state index in [4.69, 9.17) is 21.1 Å². The predicted molar refractivity (Wildman–Crippen MR) is 58.1 cm³/mol. The largest absolute Gasteiger partial charge is 0.481 e. The predicted octanol–water partition coefficient (Wildman–Crippen LogP) is 2.00. The van der Waals surface area contributed by atoms with Crippen LogP contribution < -0.4 is 0 Å². The maximum atomic E-state index is 10.2. The highest BCUT2D eigenvalue weighted by Crippen LogP contribution is 2.19. The fourth-order valence-electron chi connectivity index (χ4n) is 0.985. The minimum Gasteiger partial charge on any atom is -0.481 e. The lowest BCUT2D eigenvalue weighted by molar-refractivity contribution is -0.138. The Labute approximate surface area is 96.2 Å². The highest BCUT2D eigenvalue weighted by Gasteiger charge is 2.09. The summed E-state index contributed by atoms with van der Waals surface area (Å²) in [6.07, 6.45) is -1.05. The molecule has 0 saturated carbocycles. The lowest BCUT2D eigenvalue weighted by Crippen LogP contribution is -2.15. The van der Waals surface area contributed by atoms with E-state index >= 15 is 0 Å². The second-order valence-electron chi connectivity index (χ2n) is 2.97. The summed E-state index contributed by atoms with van der Waals surface area (Å²) < 4.78 is 5.09. The van der Waals surface area contributed by atoms with Crippen molar-refractivity contribution in [2.75, 3.05) is 5.75 Å². The Bertz CT molecular complexity index is 326. The quantitative estimate of drug-likeness (QED) is 0.808. The Hall–Kier alpha value is -0.650. The molecule has 0 fully saturated rings. The normalized spacial score (nSPS) is 12.7. The molecule has 0 aliphatic carbocycles. The van der Waals surface area contributed by atoms with Crippen LogP contribution in [-0.4, -0.2) is 28.0 Å². The molecule has 0 radical (unpaired) electrons. The van der Waals surface area contributed by atoms with Crippen molar-refractivity contribution in [2.45, 2.75) is 18.3 Å². The third-order valence-electron chi connectivity index (χ3n) is 1.59. The summed E-state index contributed by atoms with van der Waals surface area (Å²) in [6, 6.07) is 3.39. The molecule has 0 amide bonds. The molecule has 1 rings (SSSR count). The first-order chi connectivity index (χ1) is 7.08. The third-order valence-corrected chi connectivity index (χ3v) is 2.91. The van der Waals surface area contributed by atoms with Gasteiger partial charge in [-0.3, -0.25) is 4.79 Å². The van der Waals surface area contributed by atoms with E-state index in [1.54, 1.807) is 12.1 Å². The molecule has 1 aromatic heterocycles.